The second kappa shape index (κ2) is 8.07. The summed E-state index contributed by atoms with van der Waals surface area (Å²) in [7, 11) is -0.812. The molecule has 1 aromatic carbocycles. The summed E-state index contributed by atoms with van der Waals surface area (Å²) >= 11 is 5.89. The average molecular weight is 414 g/mol. The molecule has 3 N–H and O–H groups in total. The van der Waals surface area contributed by atoms with Crippen molar-refractivity contribution in [2.45, 2.75) is 18.7 Å². The van der Waals surface area contributed by atoms with Crippen LogP contribution < -0.4 is 15.4 Å². The van der Waals surface area contributed by atoms with Crippen LogP contribution in [0.4, 0.5) is 5.69 Å². The molecule has 2 aromatic rings. The fourth-order valence-corrected chi connectivity index (χ4v) is 3.61. The first-order chi connectivity index (χ1) is 12.6. The van der Waals surface area contributed by atoms with E-state index in [1.54, 1.807) is 18.7 Å². The zero-order chi connectivity index (χ0) is 20.4. The molecule has 1 aromatic heterocycles. The lowest BCUT2D eigenvalue weighted by Gasteiger charge is -2.09. The van der Waals surface area contributed by atoms with Crippen LogP contribution in [-0.4, -0.2) is 43.6 Å². The number of nitrogens with zero attached hydrogens (tertiary/aromatic N) is 2. The molecule has 27 heavy (non-hydrogen) atoms. The minimum absolute atomic E-state index is 0.0128. The fraction of sp³-hybridized carbons (Fsp3) is 0.312. The van der Waals surface area contributed by atoms with Gasteiger partial charge in [0.05, 0.1) is 28.6 Å². The van der Waals surface area contributed by atoms with E-state index in [2.05, 4.69) is 20.5 Å². The number of hydrogen-bond acceptors (Lipinski definition) is 5. The zero-order valence-corrected chi connectivity index (χ0v) is 16.8. The first-order valence-electron chi connectivity index (χ1n) is 7.88. The number of nitrogens with one attached hydrogen (secondary N) is 3. The van der Waals surface area contributed by atoms with Crippen molar-refractivity contribution in [2.24, 2.45) is 7.05 Å². The maximum atomic E-state index is 12.3. The minimum Gasteiger partial charge on any atom is -0.343 e. The predicted molar refractivity (Wildman–Crippen MR) is 101 cm³/mol. The van der Waals surface area contributed by atoms with Gasteiger partial charge < -0.3 is 10.6 Å². The molecule has 1 heterocycles. The van der Waals surface area contributed by atoms with Crippen LogP contribution in [0, 0.1) is 13.8 Å². The molecular weight excluding hydrogens is 394 g/mol. The smallest absolute Gasteiger partial charge is 0.251 e. The van der Waals surface area contributed by atoms with E-state index >= 15 is 0 Å². The van der Waals surface area contributed by atoms with Gasteiger partial charge in [0.2, 0.25) is 15.9 Å². The molecular formula is C16H20ClN5O4S. The molecule has 0 saturated carbocycles. The lowest BCUT2D eigenvalue weighted by Crippen LogP contribution is -2.33. The third kappa shape index (κ3) is 4.65. The Labute approximate surface area is 162 Å². The van der Waals surface area contributed by atoms with Gasteiger partial charge in [-0.05, 0) is 39.1 Å². The molecule has 11 heteroatoms. The molecule has 0 radical (unpaired) electrons. The second-order valence-electron chi connectivity index (χ2n) is 5.75. The number of benzene rings is 1. The highest BCUT2D eigenvalue weighted by Gasteiger charge is 2.19. The molecule has 2 rings (SSSR count). The van der Waals surface area contributed by atoms with E-state index < -0.39 is 21.8 Å². The minimum atomic E-state index is -3.81. The Morgan fingerprint density at radius 3 is 2.48 bits per heavy atom. The largest absolute Gasteiger partial charge is 0.343 e. The van der Waals surface area contributed by atoms with Gasteiger partial charge in [-0.15, -0.1) is 0 Å². The maximum Gasteiger partial charge on any atom is 0.251 e. The summed E-state index contributed by atoms with van der Waals surface area (Å²) in [6, 6.07) is 3.83. The molecule has 2 amide bonds. The Kier molecular flexibility index (Phi) is 6.24. The number of aryl methyl sites for hydroxylation is 2. The molecule has 9 nitrogen and oxygen atoms in total. The van der Waals surface area contributed by atoms with Crippen LogP contribution in [0.25, 0.3) is 0 Å². The summed E-state index contributed by atoms with van der Waals surface area (Å²) in [6.07, 6.45) is 0. The summed E-state index contributed by atoms with van der Waals surface area (Å²) in [4.78, 5) is 24.1. The SMILES string of the molecule is CNS(=O)(=O)c1cc(C(=O)NCC(=O)Nc2c(C)nn(C)c2C)ccc1Cl. The van der Waals surface area contributed by atoms with Crippen LogP contribution in [0.1, 0.15) is 21.7 Å². The number of carbonyl (C=O) groups excluding carboxylic acids is 2. The van der Waals surface area contributed by atoms with Crippen molar-refractivity contribution >= 4 is 39.1 Å². The summed E-state index contributed by atoms with van der Waals surface area (Å²) < 4.78 is 27.6. The van der Waals surface area contributed by atoms with E-state index in [9.17, 15) is 18.0 Å². The number of amides is 2. The Bertz CT molecular complexity index is 1000. The summed E-state index contributed by atoms with van der Waals surface area (Å²) in [5.41, 5.74) is 2.10. The van der Waals surface area contributed by atoms with Crippen LogP contribution in [0.5, 0.6) is 0 Å². The topological polar surface area (TPSA) is 122 Å². The van der Waals surface area contributed by atoms with Crippen molar-refractivity contribution in [2.75, 3.05) is 18.9 Å². The van der Waals surface area contributed by atoms with Crippen molar-refractivity contribution in [3.63, 3.8) is 0 Å². The molecule has 0 saturated heterocycles. The number of hydrogen-bond donors (Lipinski definition) is 3. The van der Waals surface area contributed by atoms with Gasteiger partial charge in [-0.25, -0.2) is 13.1 Å². The van der Waals surface area contributed by atoms with Gasteiger partial charge in [0.1, 0.15) is 4.90 Å². The molecule has 0 aliphatic heterocycles. The van der Waals surface area contributed by atoms with Crippen LogP contribution in [-0.2, 0) is 21.9 Å². The molecule has 0 aliphatic carbocycles. The third-order valence-corrected chi connectivity index (χ3v) is 5.83. The van der Waals surface area contributed by atoms with E-state index in [4.69, 9.17) is 11.6 Å². The molecule has 0 bridgehead atoms. The number of carbonyl (C=O) groups is 2. The fourth-order valence-electron chi connectivity index (χ4n) is 2.36. The first-order valence-corrected chi connectivity index (χ1v) is 9.74. The van der Waals surface area contributed by atoms with Gasteiger partial charge in [0.15, 0.2) is 0 Å². The summed E-state index contributed by atoms with van der Waals surface area (Å²) in [5, 5.41) is 9.32. The van der Waals surface area contributed by atoms with Gasteiger partial charge in [-0.1, -0.05) is 11.6 Å². The number of rotatable bonds is 6. The second-order valence-corrected chi connectivity index (χ2v) is 8.02. The van der Waals surface area contributed by atoms with Gasteiger partial charge in [0.25, 0.3) is 5.91 Å². The van der Waals surface area contributed by atoms with Crippen LogP contribution in [0.15, 0.2) is 23.1 Å². The van der Waals surface area contributed by atoms with Crippen LogP contribution in [0.3, 0.4) is 0 Å². The molecule has 0 fully saturated rings. The van der Waals surface area contributed by atoms with E-state index in [0.717, 1.165) is 11.8 Å². The van der Waals surface area contributed by atoms with Gasteiger partial charge in [0, 0.05) is 12.6 Å². The lowest BCUT2D eigenvalue weighted by atomic mass is 10.2. The molecule has 0 atom stereocenters. The maximum absolute atomic E-state index is 12.3. The van der Waals surface area contributed by atoms with E-state index in [1.807, 2.05) is 6.92 Å². The van der Waals surface area contributed by atoms with Crippen molar-refractivity contribution in [3.05, 3.63) is 40.2 Å². The van der Waals surface area contributed by atoms with Gasteiger partial charge in [-0.3, -0.25) is 14.3 Å². The highest BCUT2D eigenvalue weighted by Crippen LogP contribution is 2.22. The Morgan fingerprint density at radius 1 is 1.26 bits per heavy atom. The standard InChI is InChI=1S/C16H20ClN5O4S/c1-9-15(10(2)22(4)21-9)20-14(23)8-19-16(24)11-5-6-12(17)13(7-11)27(25,26)18-3/h5-7,18H,8H2,1-4H3,(H,19,24)(H,20,23). The van der Waals surface area contributed by atoms with E-state index in [1.165, 1.54) is 19.2 Å². The highest BCUT2D eigenvalue weighted by atomic mass is 35.5. The number of aromatic nitrogens is 2. The normalized spacial score (nSPS) is 11.3. The first kappa shape index (κ1) is 20.9. The predicted octanol–water partition coefficient (Wildman–Crippen LogP) is 0.967. The van der Waals surface area contributed by atoms with Crippen molar-refractivity contribution in [1.29, 1.82) is 0 Å². The van der Waals surface area contributed by atoms with E-state index in [-0.39, 0.29) is 22.0 Å². The number of halogens is 1. The van der Waals surface area contributed by atoms with E-state index in [0.29, 0.717) is 11.4 Å². The zero-order valence-electron chi connectivity index (χ0n) is 15.3. The van der Waals surface area contributed by atoms with Gasteiger partial charge >= 0.3 is 0 Å². The average Bonchev–Trinajstić information content (AvgIpc) is 2.86. The van der Waals surface area contributed by atoms with Crippen LogP contribution in [0.2, 0.25) is 5.02 Å². The number of anilines is 1. The molecule has 0 aliphatic rings. The summed E-state index contributed by atoms with van der Waals surface area (Å²) in [6.45, 7) is 3.29. The quantitative estimate of drug-likeness (QED) is 0.651. The molecule has 146 valence electrons. The number of sulfonamides is 1. The Balaban J connectivity index is 2.07. The monoisotopic (exact) mass is 413 g/mol. The van der Waals surface area contributed by atoms with Gasteiger partial charge in [-0.2, -0.15) is 5.10 Å². The Morgan fingerprint density at radius 2 is 1.93 bits per heavy atom. The summed E-state index contributed by atoms with van der Waals surface area (Å²) in [5.74, 6) is -1.03. The van der Waals surface area contributed by atoms with Crippen molar-refractivity contribution in [3.8, 4) is 0 Å². The highest BCUT2D eigenvalue weighted by molar-refractivity contribution is 7.89. The van der Waals surface area contributed by atoms with Crippen molar-refractivity contribution < 1.29 is 18.0 Å². The lowest BCUT2D eigenvalue weighted by molar-refractivity contribution is -0.115. The van der Waals surface area contributed by atoms with Crippen molar-refractivity contribution in [1.82, 2.24) is 19.8 Å². The third-order valence-electron chi connectivity index (χ3n) is 3.93. The van der Waals surface area contributed by atoms with Crippen LogP contribution >= 0.6 is 11.6 Å². The molecule has 0 spiro atoms. The Hall–Kier alpha value is -2.43. The molecule has 0 unspecified atom stereocenters.